The van der Waals surface area contributed by atoms with Crippen LogP contribution in [0.3, 0.4) is 0 Å². The number of halogens is 1. The first-order valence-electron chi connectivity index (χ1n) is 10.7. The molecule has 4 rings (SSSR count). The van der Waals surface area contributed by atoms with Crippen LogP contribution >= 0.6 is 47.4 Å². The molecule has 3 aromatic carbocycles. The van der Waals surface area contributed by atoms with Crippen molar-refractivity contribution in [1.82, 2.24) is 15.0 Å². The Bertz CT molecular complexity index is 1870. The fraction of sp³-hybridized carbons (Fsp3) is 0. The van der Waals surface area contributed by atoms with Crippen molar-refractivity contribution in [3.05, 3.63) is 47.7 Å². The number of benzene rings is 3. The molecule has 18 nitrogen and oxygen atoms in total. The van der Waals surface area contributed by atoms with E-state index in [1.807, 2.05) is 6.11 Å². The van der Waals surface area contributed by atoms with E-state index >= 15 is 0 Å². The van der Waals surface area contributed by atoms with Crippen LogP contribution in [0.25, 0.3) is 10.8 Å². The van der Waals surface area contributed by atoms with Gasteiger partial charge >= 0.3 is 10.4 Å². The molecule has 24 heteroatoms. The van der Waals surface area contributed by atoms with Gasteiger partial charge in [0.25, 0.3) is 0 Å². The zero-order valence-corrected chi connectivity index (χ0v) is 26.2. The number of fused-ring (bicyclic) bond motifs is 1. The van der Waals surface area contributed by atoms with Gasteiger partial charge in [-0.15, -0.1) is 14.6 Å². The third-order valence-electron chi connectivity index (χ3n) is 4.71. The molecule has 1 aromatic heterocycles. The molecule has 4 aromatic rings. The monoisotopic (exact) mass is 769 g/mol. The van der Waals surface area contributed by atoms with Crippen LogP contribution < -0.4 is 5.32 Å². The summed E-state index contributed by atoms with van der Waals surface area (Å²) in [7, 11) is -4.82. The number of anilines is 2. The molecule has 243 valence electrons. The summed E-state index contributed by atoms with van der Waals surface area (Å²) in [6, 6.07) is 10.5. The second-order valence-electron chi connectivity index (χ2n) is 7.40. The van der Waals surface area contributed by atoms with E-state index in [0.29, 0.717) is 45.4 Å². The zero-order valence-electron chi connectivity index (χ0n) is 21.3. The van der Waals surface area contributed by atoms with E-state index < -0.39 is 10.4 Å². The number of hydrogen-bond donors (Lipinski definition) is 6. The molecule has 0 atom stereocenters. The number of phenols is 2. The molecule has 0 bridgehead atoms. The smallest absolute Gasteiger partial charge is 0.433 e. The zero-order chi connectivity index (χ0) is 31.0. The molecule has 0 spiro atoms. The molecule has 0 unspecified atom stereocenters. The van der Waals surface area contributed by atoms with Gasteiger partial charge in [-0.05, 0) is 75.5 Å². The number of aromatic nitrogens is 3. The second kappa shape index (κ2) is 17.5. The molecular weight excluding hydrogens is 756 g/mol. The van der Waals surface area contributed by atoms with Crippen molar-refractivity contribution in [2.24, 2.45) is 10.2 Å². The molecule has 45 heavy (non-hydrogen) atoms. The largest absolute Gasteiger partial charge is 0.506 e. The van der Waals surface area contributed by atoms with E-state index in [1.165, 1.54) is 18.2 Å². The summed E-state index contributed by atoms with van der Waals surface area (Å²) in [6.07, 6.45) is 1.87. The Hall–Kier alpha value is -3.18. The number of nitrogens with zero attached hydrogens (tertiary/aromatic N) is 5. The molecule has 0 aliphatic rings. The molecule has 0 amide bonds. The van der Waals surface area contributed by atoms with Crippen molar-refractivity contribution in [2.75, 3.05) is 5.32 Å². The fourth-order valence-corrected chi connectivity index (χ4v) is 4.69. The molecule has 1 heterocycles. The quantitative estimate of drug-likeness (QED) is 0.0167. The van der Waals surface area contributed by atoms with Crippen molar-refractivity contribution < 1.29 is 74.1 Å². The van der Waals surface area contributed by atoms with E-state index in [0.717, 1.165) is 11.8 Å². The Morgan fingerprint density at radius 1 is 1.04 bits per heavy atom. The minimum atomic E-state index is -4.82. The Labute approximate surface area is 280 Å². The summed E-state index contributed by atoms with van der Waals surface area (Å²) in [5, 5.41) is 47.6. The average Bonchev–Trinajstić information content (AvgIpc) is 2.95. The minimum absolute atomic E-state index is 0. The summed E-state index contributed by atoms with van der Waals surface area (Å²) < 4.78 is 46.5. The van der Waals surface area contributed by atoms with E-state index in [4.69, 9.17) is 21.4 Å². The van der Waals surface area contributed by atoms with Gasteiger partial charge in [0.1, 0.15) is 17.1 Å². The topological polar surface area (TPSA) is 279 Å². The third kappa shape index (κ3) is 11.0. The summed E-state index contributed by atoms with van der Waals surface area (Å²) in [5.41, 5.74) is 0.371. The van der Waals surface area contributed by atoms with Gasteiger partial charge in [-0.1, -0.05) is 5.04 Å². The molecule has 8 N–H and O–H groups in total. The van der Waals surface area contributed by atoms with Crippen molar-refractivity contribution in [3.63, 3.8) is 0 Å². The van der Waals surface area contributed by atoms with Crippen LogP contribution in [-0.4, -0.2) is 53.4 Å². The molecule has 0 fully saturated rings. The van der Waals surface area contributed by atoms with Crippen LogP contribution in [0.15, 0.2) is 67.6 Å². The predicted octanol–water partition coefficient (Wildman–Crippen LogP) is 5.18. The fourth-order valence-electron chi connectivity index (χ4n) is 3.11. The first kappa shape index (κ1) is 38.0. The van der Waals surface area contributed by atoms with E-state index in [-0.39, 0.29) is 66.7 Å². The van der Waals surface area contributed by atoms with E-state index in [9.17, 15) is 23.2 Å². The number of thioether (sulfide) groups is 1. The van der Waals surface area contributed by atoms with Crippen molar-refractivity contribution in [1.29, 1.82) is 0 Å². The van der Waals surface area contributed by atoms with Gasteiger partial charge in [-0.2, -0.15) is 23.4 Å². The molecular formula is C21H15ClCuN6O12S4. The summed E-state index contributed by atoms with van der Waals surface area (Å²) in [5.74, 6) is -0.604. The number of nitrogens with one attached hydrogen (secondary N) is 1. The van der Waals surface area contributed by atoms with Crippen LogP contribution in [0.4, 0.5) is 23.0 Å². The van der Waals surface area contributed by atoms with Crippen LogP contribution in [0, 0.1) is 11.4 Å². The van der Waals surface area contributed by atoms with Gasteiger partial charge in [0, 0.05) is 38.3 Å². The molecule has 0 aliphatic carbocycles. The first-order chi connectivity index (χ1) is 20.6. The minimum Gasteiger partial charge on any atom is -0.506 e. The maximum Gasteiger partial charge on any atom is 0.433 e. The number of rotatable bonds is 11. The SMILES string of the molecule is O.O=S(=O)(O)OOC#CSc1ccc(N=Nc2c(SOOO)cc3cc(Nc4nc(Cl)nc(SO)n4)ccc3c2O)c(O)c1.[Cu]. The maximum absolute atomic E-state index is 11.0. The molecule has 0 aliphatic heterocycles. The van der Waals surface area contributed by atoms with Gasteiger partial charge in [0.15, 0.2) is 11.9 Å². The molecule has 1 radical (unpaired) electrons. The van der Waals surface area contributed by atoms with Gasteiger partial charge in [-0.3, -0.25) is 9.44 Å². The first-order valence-corrected chi connectivity index (χ1v) is 14.8. The van der Waals surface area contributed by atoms with E-state index in [1.54, 1.807) is 24.3 Å². The number of aromatic hydroxyl groups is 2. The number of azo groups is 1. The Morgan fingerprint density at radius 3 is 2.51 bits per heavy atom. The van der Waals surface area contributed by atoms with Crippen molar-refractivity contribution in [2.45, 2.75) is 14.9 Å². The van der Waals surface area contributed by atoms with Crippen LogP contribution in [-0.2, 0) is 46.1 Å². The second-order valence-corrected chi connectivity index (χ2v) is 10.9. The summed E-state index contributed by atoms with van der Waals surface area (Å²) >= 11 is 7.47. The summed E-state index contributed by atoms with van der Waals surface area (Å²) in [6.45, 7) is 0. The Kier molecular flexibility index (Phi) is 14.8. The third-order valence-corrected chi connectivity index (χ3v) is 6.76. The van der Waals surface area contributed by atoms with Crippen LogP contribution in [0.5, 0.6) is 11.5 Å². The predicted molar refractivity (Wildman–Crippen MR) is 156 cm³/mol. The summed E-state index contributed by atoms with van der Waals surface area (Å²) in [4.78, 5) is 16.2. The van der Waals surface area contributed by atoms with Gasteiger partial charge in [0.05, 0.1) is 29.0 Å². The van der Waals surface area contributed by atoms with Crippen molar-refractivity contribution >= 4 is 91.6 Å². The molecule has 0 saturated heterocycles. The van der Waals surface area contributed by atoms with Gasteiger partial charge in [0.2, 0.25) is 16.4 Å². The Balaban J connectivity index is 0.00000353. The number of phenolic OH excluding ortho intramolecular Hbond substituents is 2. The average molecular weight is 771 g/mol. The normalized spacial score (nSPS) is 10.9. The van der Waals surface area contributed by atoms with E-state index in [2.05, 4.69) is 54.3 Å². The number of hydrogen-bond acceptors (Lipinski definition) is 19. The Morgan fingerprint density at radius 2 is 1.82 bits per heavy atom. The van der Waals surface area contributed by atoms with Crippen molar-refractivity contribution in [3.8, 4) is 22.9 Å². The maximum atomic E-state index is 11.0. The van der Waals surface area contributed by atoms with Gasteiger partial charge < -0.3 is 25.6 Å². The van der Waals surface area contributed by atoms with Crippen LogP contribution in [0.2, 0.25) is 5.28 Å². The standard InChI is InChI=1S/C21H13ClN6O11S4.Cu.H2O/c22-19-24-20(26-21(25-19)41-32)23-11-1-3-13-10(7-11)8-16(42-38-37-31)17(18(13)30)28-27-14-4-2-12(9-15(14)29)40-6-5-36-39-43(33,34)35;;/h1-4,7-9,29-32H,(H,33,34,35)(H,23,24,25,26);;1H2. The van der Waals surface area contributed by atoms with Gasteiger partial charge in [-0.25, -0.2) is 5.26 Å². The van der Waals surface area contributed by atoms with Crippen LogP contribution in [0.1, 0.15) is 0 Å². The molecule has 0 saturated carbocycles.